The number of hydrogen-bond donors (Lipinski definition) is 0. The van der Waals surface area contributed by atoms with Crippen molar-refractivity contribution >= 4 is 40.6 Å². The third-order valence-corrected chi connectivity index (χ3v) is 7.43. The number of benzene rings is 2. The highest BCUT2D eigenvalue weighted by atomic mass is 35.5. The fourth-order valence-electron chi connectivity index (χ4n) is 4.28. The number of carbonyl (C=O) groups excluding carboxylic acids is 1. The number of ether oxygens (including phenoxy) is 2. The zero-order valence-corrected chi connectivity index (χ0v) is 20.7. The predicted molar refractivity (Wildman–Crippen MR) is 134 cm³/mol. The number of fused-ring (bicyclic) bond motifs is 2. The molecule has 1 amide bonds. The van der Waals surface area contributed by atoms with Crippen LogP contribution in [0.2, 0.25) is 5.02 Å². The van der Waals surface area contributed by atoms with Gasteiger partial charge in [-0.3, -0.25) is 9.69 Å². The molecule has 2 aliphatic heterocycles. The summed E-state index contributed by atoms with van der Waals surface area (Å²) in [5.74, 6) is 0.183. The number of anilines is 2. The molecule has 8 heteroatoms. The first-order valence-corrected chi connectivity index (χ1v) is 12.8. The highest BCUT2D eigenvalue weighted by molar-refractivity contribution is 7.99. The number of piperazine rings is 1. The number of nitrogens with zero attached hydrogens (tertiary/aromatic N) is 3. The molecule has 178 valence electrons. The van der Waals surface area contributed by atoms with Crippen molar-refractivity contribution in [3.63, 3.8) is 0 Å². The minimum absolute atomic E-state index is 0.183. The topological polar surface area (TPSA) is 45.3 Å². The fraction of sp³-hybridized carbons (Fsp3) is 0.480. The zero-order valence-electron chi connectivity index (χ0n) is 19.2. The van der Waals surface area contributed by atoms with Gasteiger partial charge in [0.05, 0.1) is 37.6 Å². The first-order chi connectivity index (χ1) is 16.2. The van der Waals surface area contributed by atoms with E-state index in [4.69, 9.17) is 21.1 Å². The number of halogens is 1. The molecule has 0 unspecified atom stereocenters. The molecule has 1 fully saturated rings. The van der Waals surface area contributed by atoms with Gasteiger partial charge in [-0.1, -0.05) is 35.5 Å². The molecule has 0 spiro atoms. The van der Waals surface area contributed by atoms with Crippen LogP contribution in [0, 0.1) is 0 Å². The standard InChI is InChI=1S/C25H32ClN3O3S/c1-31-17-18-32-16-9-25(30)28-14-12-27(13-15-28)10-4-11-29-21-5-2-3-6-23(21)33-24-8-7-20(26)19-22(24)29/h2-3,5-8,19H,4,9-18H2,1H3. The Morgan fingerprint density at radius 2 is 1.76 bits per heavy atom. The van der Waals surface area contributed by atoms with Gasteiger partial charge in [-0.2, -0.15) is 0 Å². The Morgan fingerprint density at radius 1 is 0.970 bits per heavy atom. The second-order valence-electron chi connectivity index (χ2n) is 8.26. The van der Waals surface area contributed by atoms with Crippen LogP contribution in [0.3, 0.4) is 0 Å². The number of para-hydroxylation sites is 1. The van der Waals surface area contributed by atoms with Gasteiger partial charge < -0.3 is 19.3 Å². The predicted octanol–water partition coefficient (Wildman–Crippen LogP) is 4.53. The molecule has 33 heavy (non-hydrogen) atoms. The summed E-state index contributed by atoms with van der Waals surface area (Å²) in [5, 5.41) is 0.767. The third-order valence-electron chi connectivity index (χ3n) is 6.06. The monoisotopic (exact) mass is 489 g/mol. The number of rotatable bonds is 10. The number of carbonyl (C=O) groups is 1. The maximum absolute atomic E-state index is 12.4. The van der Waals surface area contributed by atoms with Crippen molar-refractivity contribution in [1.82, 2.24) is 9.80 Å². The molecular formula is C25H32ClN3O3S. The van der Waals surface area contributed by atoms with Crippen molar-refractivity contribution < 1.29 is 14.3 Å². The van der Waals surface area contributed by atoms with E-state index in [1.165, 1.54) is 21.2 Å². The summed E-state index contributed by atoms with van der Waals surface area (Å²) < 4.78 is 10.4. The molecule has 0 atom stereocenters. The van der Waals surface area contributed by atoms with Crippen LogP contribution in [0.5, 0.6) is 0 Å². The molecule has 0 N–H and O–H groups in total. The Hall–Kier alpha value is -1.77. The van der Waals surface area contributed by atoms with Gasteiger partial charge in [0, 0.05) is 54.6 Å². The van der Waals surface area contributed by atoms with Gasteiger partial charge in [-0.05, 0) is 43.3 Å². The van der Waals surface area contributed by atoms with E-state index in [0.29, 0.717) is 26.2 Å². The summed E-state index contributed by atoms with van der Waals surface area (Å²) in [5.41, 5.74) is 2.44. The van der Waals surface area contributed by atoms with Crippen molar-refractivity contribution in [2.24, 2.45) is 0 Å². The van der Waals surface area contributed by atoms with Crippen LogP contribution in [-0.4, -0.2) is 81.9 Å². The minimum atomic E-state index is 0.183. The SMILES string of the molecule is COCCOCCC(=O)N1CCN(CCCN2c3ccccc3Sc3ccc(Cl)cc32)CC1. The van der Waals surface area contributed by atoms with Crippen LogP contribution in [0.4, 0.5) is 11.4 Å². The molecule has 2 aromatic carbocycles. The lowest BCUT2D eigenvalue weighted by Gasteiger charge is -2.36. The maximum Gasteiger partial charge on any atom is 0.224 e. The summed E-state index contributed by atoms with van der Waals surface area (Å²) >= 11 is 8.13. The molecule has 0 radical (unpaired) electrons. The van der Waals surface area contributed by atoms with Gasteiger partial charge in [0.15, 0.2) is 0 Å². The lowest BCUT2D eigenvalue weighted by molar-refractivity contribution is -0.134. The molecule has 2 aromatic rings. The first kappa shape index (κ1) is 24.4. The van der Waals surface area contributed by atoms with Crippen LogP contribution in [0.15, 0.2) is 52.3 Å². The fourth-order valence-corrected chi connectivity index (χ4v) is 5.52. The Kier molecular flexibility index (Phi) is 8.92. The van der Waals surface area contributed by atoms with E-state index in [0.717, 1.165) is 50.7 Å². The highest BCUT2D eigenvalue weighted by Crippen LogP contribution is 2.48. The molecule has 1 saturated heterocycles. The van der Waals surface area contributed by atoms with Gasteiger partial charge in [-0.25, -0.2) is 0 Å². The number of amides is 1. The van der Waals surface area contributed by atoms with E-state index in [1.807, 2.05) is 11.0 Å². The Bertz CT molecular complexity index is 937. The van der Waals surface area contributed by atoms with Crippen LogP contribution < -0.4 is 4.90 Å². The van der Waals surface area contributed by atoms with Crippen molar-refractivity contribution in [2.45, 2.75) is 22.6 Å². The highest BCUT2D eigenvalue weighted by Gasteiger charge is 2.24. The quantitative estimate of drug-likeness (QED) is 0.457. The molecule has 4 rings (SSSR count). The molecule has 0 aliphatic carbocycles. The van der Waals surface area contributed by atoms with Gasteiger partial charge >= 0.3 is 0 Å². The molecule has 0 aromatic heterocycles. The van der Waals surface area contributed by atoms with E-state index in [2.05, 4.69) is 46.2 Å². The van der Waals surface area contributed by atoms with E-state index >= 15 is 0 Å². The van der Waals surface area contributed by atoms with Gasteiger partial charge in [0.1, 0.15) is 0 Å². The first-order valence-electron chi connectivity index (χ1n) is 11.6. The van der Waals surface area contributed by atoms with Crippen LogP contribution in [0.25, 0.3) is 0 Å². The summed E-state index contributed by atoms with van der Waals surface area (Å²) in [6.07, 6.45) is 1.49. The minimum Gasteiger partial charge on any atom is -0.382 e. The second-order valence-corrected chi connectivity index (χ2v) is 9.78. The summed E-state index contributed by atoms with van der Waals surface area (Å²) in [6, 6.07) is 14.7. The van der Waals surface area contributed by atoms with Crippen molar-refractivity contribution in [1.29, 1.82) is 0 Å². The Labute approximate surface area is 205 Å². The van der Waals surface area contributed by atoms with Crippen LogP contribution in [0.1, 0.15) is 12.8 Å². The normalized spacial score (nSPS) is 15.9. The summed E-state index contributed by atoms with van der Waals surface area (Å²) in [4.78, 5) is 21.8. The Balaban J connectivity index is 1.25. The van der Waals surface area contributed by atoms with Crippen LogP contribution >= 0.6 is 23.4 Å². The molecule has 2 aliphatic rings. The third kappa shape index (κ3) is 6.43. The largest absolute Gasteiger partial charge is 0.382 e. The lowest BCUT2D eigenvalue weighted by atomic mass is 10.2. The second kappa shape index (κ2) is 12.1. The van der Waals surface area contributed by atoms with E-state index in [9.17, 15) is 4.79 Å². The van der Waals surface area contributed by atoms with E-state index < -0.39 is 0 Å². The van der Waals surface area contributed by atoms with E-state index in [-0.39, 0.29) is 5.91 Å². The average Bonchev–Trinajstić information content (AvgIpc) is 2.84. The maximum atomic E-state index is 12.4. The number of methoxy groups -OCH3 is 1. The molecule has 6 nitrogen and oxygen atoms in total. The smallest absolute Gasteiger partial charge is 0.224 e. The van der Waals surface area contributed by atoms with Gasteiger partial charge in [0.2, 0.25) is 5.91 Å². The van der Waals surface area contributed by atoms with Crippen molar-refractivity contribution in [3.8, 4) is 0 Å². The zero-order chi connectivity index (χ0) is 23.0. The van der Waals surface area contributed by atoms with Crippen molar-refractivity contribution in [2.75, 3.05) is 71.1 Å². The van der Waals surface area contributed by atoms with E-state index in [1.54, 1.807) is 18.9 Å². The van der Waals surface area contributed by atoms with Gasteiger partial charge in [0.25, 0.3) is 0 Å². The molecule has 0 bridgehead atoms. The molecule has 0 saturated carbocycles. The van der Waals surface area contributed by atoms with Gasteiger partial charge in [-0.15, -0.1) is 0 Å². The van der Waals surface area contributed by atoms with Crippen molar-refractivity contribution in [3.05, 3.63) is 47.5 Å². The number of hydrogen-bond acceptors (Lipinski definition) is 6. The average molecular weight is 490 g/mol. The lowest BCUT2D eigenvalue weighted by Crippen LogP contribution is -2.49. The van der Waals surface area contributed by atoms with Crippen LogP contribution in [-0.2, 0) is 14.3 Å². The summed E-state index contributed by atoms with van der Waals surface area (Å²) in [7, 11) is 1.65. The molecule has 2 heterocycles. The summed E-state index contributed by atoms with van der Waals surface area (Å²) in [6.45, 7) is 6.94. The Morgan fingerprint density at radius 3 is 2.58 bits per heavy atom. The molecular weight excluding hydrogens is 458 g/mol.